The molecule has 32 heavy (non-hydrogen) atoms. The van der Waals surface area contributed by atoms with Crippen LogP contribution in [0.4, 0.5) is 10.2 Å². The lowest BCUT2D eigenvalue weighted by Crippen LogP contribution is -2.34. The standard InChI is InChI=1S/C23H17FN8/c24-17-5-2-8-28-18(17)13-32-30-21-19(15-6-9-27-10-7-15)20(29-23(26)22(21)31-32)16-4-1-3-14(11-16)12-25/h1-3,5-6,8-11H,4,7,13H2,(H2,26,29). The summed E-state index contributed by atoms with van der Waals surface area (Å²) >= 11 is 0. The first-order chi connectivity index (χ1) is 15.6. The van der Waals surface area contributed by atoms with E-state index in [1.807, 2.05) is 18.2 Å². The molecule has 0 saturated heterocycles. The molecule has 0 bridgehead atoms. The minimum atomic E-state index is -0.430. The van der Waals surface area contributed by atoms with Gasteiger partial charge in [-0.15, -0.1) is 5.10 Å². The Morgan fingerprint density at radius 2 is 2.03 bits per heavy atom. The molecule has 0 aromatic carbocycles. The lowest BCUT2D eigenvalue weighted by atomic mass is 9.99. The van der Waals surface area contributed by atoms with Gasteiger partial charge < -0.3 is 5.73 Å². The second-order valence-corrected chi connectivity index (χ2v) is 7.30. The van der Waals surface area contributed by atoms with Crippen LogP contribution in [0, 0.1) is 17.1 Å². The fraction of sp³-hybridized carbons (Fsp3) is 0.130. The van der Waals surface area contributed by atoms with Crippen LogP contribution >= 0.6 is 0 Å². The summed E-state index contributed by atoms with van der Waals surface area (Å²) in [6.07, 6.45) is 13.6. The van der Waals surface area contributed by atoms with Gasteiger partial charge in [-0.25, -0.2) is 9.37 Å². The molecule has 2 aliphatic rings. The molecule has 5 rings (SSSR count). The van der Waals surface area contributed by atoms with E-state index in [4.69, 9.17) is 5.73 Å². The number of hydrogen-bond donors (Lipinski definition) is 1. The molecule has 0 radical (unpaired) electrons. The number of anilines is 1. The molecule has 0 spiro atoms. The van der Waals surface area contributed by atoms with Crippen LogP contribution in [-0.2, 0) is 6.54 Å². The maximum Gasteiger partial charge on any atom is 0.155 e. The molecule has 8 nitrogen and oxygen atoms in total. The summed E-state index contributed by atoms with van der Waals surface area (Å²) in [5.41, 5.74) is 9.86. The predicted molar refractivity (Wildman–Crippen MR) is 119 cm³/mol. The van der Waals surface area contributed by atoms with E-state index in [1.54, 1.807) is 18.5 Å². The number of nitrogen functional groups attached to an aromatic ring is 1. The summed E-state index contributed by atoms with van der Waals surface area (Å²) in [6.45, 7) is 0.0555. The molecule has 3 aromatic heterocycles. The molecule has 1 aliphatic carbocycles. The van der Waals surface area contributed by atoms with Gasteiger partial charge in [0.2, 0.25) is 0 Å². The Morgan fingerprint density at radius 1 is 1.16 bits per heavy atom. The van der Waals surface area contributed by atoms with Gasteiger partial charge in [0.05, 0.1) is 22.7 Å². The highest BCUT2D eigenvalue weighted by Gasteiger charge is 2.16. The molecule has 2 N–H and O–H groups in total. The van der Waals surface area contributed by atoms with Crippen molar-refractivity contribution in [3.63, 3.8) is 0 Å². The summed E-state index contributed by atoms with van der Waals surface area (Å²) in [5.74, 6) is -0.213. The minimum absolute atomic E-state index is 0.0555. The highest BCUT2D eigenvalue weighted by molar-refractivity contribution is 5.89. The van der Waals surface area contributed by atoms with Crippen molar-refractivity contribution in [2.24, 2.45) is 4.99 Å². The minimum Gasteiger partial charge on any atom is -0.382 e. The van der Waals surface area contributed by atoms with Gasteiger partial charge in [0, 0.05) is 30.3 Å². The summed E-state index contributed by atoms with van der Waals surface area (Å²) in [4.78, 5) is 14.3. The topological polar surface area (TPSA) is 119 Å². The second kappa shape index (κ2) is 8.00. The van der Waals surface area contributed by atoms with Gasteiger partial charge >= 0.3 is 0 Å². The number of halogens is 1. The number of rotatable bonds is 2. The third kappa shape index (κ3) is 3.48. The van der Waals surface area contributed by atoms with Crippen molar-refractivity contribution >= 4 is 34.2 Å². The van der Waals surface area contributed by atoms with Crippen LogP contribution < -0.4 is 16.3 Å². The number of aliphatic imine (C=N–C) groups is 1. The number of allylic oxidation sites excluding steroid dienone is 5. The van der Waals surface area contributed by atoms with Crippen LogP contribution in [0.2, 0.25) is 0 Å². The first kappa shape index (κ1) is 19.5. The highest BCUT2D eigenvalue weighted by Crippen LogP contribution is 2.17. The Morgan fingerprint density at radius 3 is 2.81 bits per heavy atom. The molecule has 3 aromatic rings. The number of fused-ring (bicyclic) bond motifs is 1. The van der Waals surface area contributed by atoms with Crippen molar-refractivity contribution in [1.82, 2.24) is 25.0 Å². The van der Waals surface area contributed by atoms with Crippen LogP contribution in [0.15, 0.2) is 59.4 Å². The number of nitriles is 1. The molecule has 9 heteroatoms. The molecule has 1 aliphatic heterocycles. The molecule has 0 unspecified atom stereocenters. The van der Waals surface area contributed by atoms with Crippen LogP contribution in [-0.4, -0.2) is 31.2 Å². The van der Waals surface area contributed by atoms with Gasteiger partial charge in [0.15, 0.2) is 11.3 Å². The van der Waals surface area contributed by atoms with E-state index in [0.717, 1.165) is 16.4 Å². The zero-order chi connectivity index (χ0) is 22.1. The molecule has 4 heterocycles. The van der Waals surface area contributed by atoms with Gasteiger partial charge in [0.25, 0.3) is 0 Å². The Bertz CT molecular complexity index is 1530. The highest BCUT2D eigenvalue weighted by atomic mass is 19.1. The molecule has 0 saturated carbocycles. The molecule has 0 fully saturated rings. The fourth-order valence-corrected chi connectivity index (χ4v) is 3.75. The number of hydrogen-bond acceptors (Lipinski definition) is 7. The van der Waals surface area contributed by atoms with Crippen molar-refractivity contribution in [3.8, 4) is 6.07 Å². The molecular weight excluding hydrogens is 407 g/mol. The third-order valence-electron chi connectivity index (χ3n) is 5.23. The van der Waals surface area contributed by atoms with Crippen LogP contribution in [0.5, 0.6) is 0 Å². The molecule has 156 valence electrons. The fourth-order valence-electron chi connectivity index (χ4n) is 3.75. The van der Waals surface area contributed by atoms with E-state index >= 15 is 0 Å². The van der Waals surface area contributed by atoms with Gasteiger partial charge in [0.1, 0.15) is 17.9 Å². The van der Waals surface area contributed by atoms with Gasteiger partial charge in [-0.3, -0.25) is 9.98 Å². The van der Waals surface area contributed by atoms with Gasteiger partial charge in [-0.05, 0) is 47.9 Å². The van der Waals surface area contributed by atoms with E-state index in [9.17, 15) is 9.65 Å². The molecule has 0 amide bonds. The van der Waals surface area contributed by atoms with Crippen LogP contribution in [0.3, 0.4) is 0 Å². The molecule has 0 atom stereocenters. The third-order valence-corrected chi connectivity index (χ3v) is 5.23. The van der Waals surface area contributed by atoms with E-state index in [0.29, 0.717) is 34.8 Å². The Labute approximate surface area is 181 Å². The van der Waals surface area contributed by atoms with Crippen molar-refractivity contribution in [1.29, 1.82) is 5.26 Å². The SMILES string of the molecule is N#CC1=CC(=c2nc(N)c3nn(Cc4ncccc4F)nc3c2=C2C=CN=CC2)CC=C1. The first-order valence-corrected chi connectivity index (χ1v) is 9.96. The normalized spacial score (nSPS) is 18.7. The van der Waals surface area contributed by atoms with Crippen molar-refractivity contribution in [2.75, 3.05) is 5.73 Å². The smallest absolute Gasteiger partial charge is 0.155 e. The second-order valence-electron chi connectivity index (χ2n) is 7.30. The Hall–Kier alpha value is -4.45. The number of aromatic nitrogens is 5. The Kier molecular flexibility index (Phi) is 4.88. The van der Waals surface area contributed by atoms with Crippen molar-refractivity contribution in [2.45, 2.75) is 19.4 Å². The van der Waals surface area contributed by atoms with E-state index < -0.39 is 5.82 Å². The zero-order valence-electron chi connectivity index (χ0n) is 16.9. The average Bonchev–Trinajstić information content (AvgIpc) is 3.25. The number of nitrogens with two attached hydrogens (primary N) is 1. The largest absolute Gasteiger partial charge is 0.382 e. The summed E-state index contributed by atoms with van der Waals surface area (Å²) in [6, 6.07) is 5.05. The van der Waals surface area contributed by atoms with Crippen molar-refractivity contribution < 1.29 is 4.39 Å². The van der Waals surface area contributed by atoms with Crippen LogP contribution in [0.25, 0.3) is 22.2 Å². The van der Waals surface area contributed by atoms with E-state index in [-0.39, 0.29) is 18.1 Å². The average molecular weight is 424 g/mol. The van der Waals surface area contributed by atoms with Crippen LogP contribution in [0.1, 0.15) is 18.5 Å². The van der Waals surface area contributed by atoms with Gasteiger partial charge in [-0.2, -0.15) is 15.2 Å². The lowest BCUT2D eigenvalue weighted by Gasteiger charge is -2.08. The number of pyridine rings is 2. The van der Waals surface area contributed by atoms with Crippen molar-refractivity contribution in [3.05, 3.63) is 76.5 Å². The predicted octanol–water partition coefficient (Wildman–Crippen LogP) is 1.69. The zero-order valence-corrected chi connectivity index (χ0v) is 16.9. The maximum absolute atomic E-state index is 14.1. The number of nitrogens with zero attached hydrogens (tertiary/aromatic N) is 7. The van der Waals surface area contributed by atoms with E-state index in [2.05, 4.69) is 31.2 Å². The molecular formula is C23H17FN8. The maximum atomic E-state index is 14.1. The quantitative estimate of drug-likeness (QED) is 0.669. The van der Waals surface area contributed by atoms with Gasteiger partial charge in [-0.1, -0.05) is 6.08 Å². The lowest BCUT2D eigenvalue weighted by molar-refractivity contribution is 0.540. The summed E-state index contributed by atoms with van der Waals surface area (Å²) < 4.78 is 14.1. The Balaban J connectivity index is 1.81. The monoisotopic (exact) mass is 424 g/mol. The summed E-state index contributed by atoms with van der Waals surface area (Å²) in [5, 5.41) is 19.9. The first-order valence-electron chi connectivity index (χ1n) is 9.96. The summed E-state index contributed by atoms with van der Waals surface area (Å²) in [7, 11) is 0. The van der Waals surface area contributed by atoms with E-state index in [1.165, 1.54) is 23.1 Å².